The van der Waals surface area contributed by atoms with E-state index in [2.05, 4.69) is 12.1 Å². The van der Waals surface area contributed by atoms with Gasteiger partial charge in [-0.15, -0.1) is 0 Å². The minimum atomic E-state index is 0.0284. The van der Waals surface area contributed by atoms with Crippen molar-refractivity contribution in [2.45, 2.75) is 12.8 Å². The molecule has 0 atom stereocenters. The van der Waals surface area contributed by atoms with E-state index in [1.807, 2.05) is 24.3 Å². The molecule has 0 aliphatic heterocycles. The van der Waals surface area contributed by atoms with Gasteiger partial charge in [0, 0.05) is 5.56 Å². The normalized spacial score (nSPS) is 10.7. The van der Waals surface area contributed by atoms with Crippen LogP contribution < -0.4 is 4.74 Å². The van der Waals surface area contributed by atoms with Crippen molar-refractivity contribution in [3.63, 3.8) is 0 Å². The van der Waals surface area contributed by atoms with Gasteiger partial charge in [0.25, 0.3) is 0 Å². The van der Waals surface area contributed by atoms with Gasteiger partial charge in [0.1, 0.15) is 5.75 Å². The van der Waals surface area contributed by atoms with Gasteiger partial charge in [0.2, 0.25) is 0 Å². The molecule has 0 radical (unpaired) electrons. The van der Waals surface area contributed by atoms with E-state index in [9.17, 15) is 4.79 Å². The second kappa shape index (κ2) is 7.29. The second-order valence-electron chi connectivity index (χ2n) is 4.52. The van der Waals surface area contributed by atoms with E-state index in [1.165, 1.54) is 5.56 Å². The average Bonchev–Trinajstić information content (AvgIpc) is 2.52. The lowest BCUT2D eigenvalue weighted by molar-refractivity contribution is 0.104. The molecule has 0 saturated carbocycles. The van der Waals surface area contributed by atoms with Gasteiger partial charge in [-0.05, 0) is 48.7 Å². The van der Waals surface area contributed by atoms with Crippen molar-refractivity contribution in [1.82, 2.24) is 0 Å². The van der Waals surface area contributed by atoms with Crippen molar-refractivity contribution in [2.24, 2.45) is 0 Å². The van der Waals surface area contributed by atoms with E-state index in [0.717, 1.165) is 18.6 Å². The SMILES string of the molecule is COc1ccc(C(=O)/C=C/CCc2ccccc2)cc1. The summed E-state index contributed by atoms with van der Waals surface area (Å²) in [7, 11) is 1.61. The van der Waals surface area contributed by atoms with Crippen LogP contribution in [0.4, 0.5) is 0 Å². The Balaban J connectivity index is 1.85. The Labute approximate surface area is 119 Å². The molecule has 0 aromatic heterocycles. The van der Waals surface area contributed by atoms with Crippen LogP contribution in [0.3, 0.4) is 0 Å². The molecule has 0 spiro atoms. The standard InChI is InChI=1S/C18H18O2/c1-20-17-13-11-16(12-14-17)18(19)10-6-5-9-15-7-3-2-4-8-15/h2-4,6-8,10-14H,5,9H2,1H3/b10-6+. The molecule has 2 aromatic carbocycles. The number of carbonyl (C=O) groups excluding carboxylic acids is 1. The highest BCUT2D eigenvalue weighted by Crippen LogP contribution is 2.12. The molecule has 0 N–H and O–H groups in total. The highest BCUT2D eigenvalue weighted by atomic mass is 16.5. The molecule has 0 amide bonds. The summed E-state index contributed by atoms with van der Waals surface area (Å²) >= 11 is 0. The minimum Gasteiger partial charge on any atom is -0.497 e. The summed E-state index contributed by atoms with van der Waals surface area (Å²) in [5, 5.41) is 0. The van der Waals surface area contributed by atoms with E-state index >= 15 is 0 Å². The number of methoxy groups -OCH3 is 1. The first-order valence-corrected chi connectivity index (χ1v) is 6.68. The molecule has 0 fully saturated rings. The van der Waals surface area contributed by atoms with Gasteiger partial charge in [0.05, 0.1) is 7.11 Å². The molecular formula is C18H18O2. The molecule has 102 valence electrons. The zero-order chi connectivity index (χ0) is 14.2. The molecule has 2 heteroatoms. The lowest BCUT2D eigenvalue weighted by Crippen LogP contribution is -1.94. The van der Waals surface area contributed by atoms with Gasteiger partial charge in [-0.3, -0.25) is 4.79 Å². The molecule has 0 saturated heterocycles. The highest BCUT2D eigenvalue weighted by Gasteiger charge is 2.01. The fourth-order valence-corrected chi connectivity index (χ4v) is 1.94. The maximum Gasteiger partial charge on any atom is 0.185 e. The van der Waals surface area contributed by atoms with E-state index in [-0.39, 0.29) is 5.78 Å². The monoisotopic (exact) mass is 266 g/mol. The summed E-state index contributed by atoms with van der Waals surface area (Å²) in [5.41, 5.74) is 1.97. The smallest absolute Gasteiger partial charge is 0.185 e. The van der Waals surface area contributed by atoms with Crippen LogP contribution in [0.2, 0.25) is 0 Å². The van der Waals surface area contributed by atoms with Gasteiger partial charge >= 0.3 is 0 Å². The van der Waals surface area contributed by atoms with Crippen LogP contribution in [0.1, 0.15) is 22.3 Å². The molecule has 0 aliphatic carbocycles. The van der Waals surface area contributed by atoms with Crippen molar-refractivity contribution in [1.29, 1.82) is 0 Å². The molecule has 0 bridgehead atoms. The highest BCUT2D eigenvalue weighted by molar-refractivity contribution is 6.04. The van der Waals surface area contributed by atoms with Crippen molar-refractivity contribution in [3.8, 4) is 5.75 Å². The molecule has 20 heavy (non-hydrogen) atoms. The van der Waals surface area contributed by atoms with Crippen molar-refractivity contribution in [2.75, 3.05) is 7.11 Å². The zero-order valence-electron chi connectivity index (χ0n) is 11.6. The Hall–Kier alpha value is -2.35. The number of carbonyl (C=O) groups is 1. The summed E-state index contributed by atoms with van der Waals surface area (Å²) in [6, 6.07) is 17.4. The lowest BCUT2D eigenvalue weighted by atomic mass is 10.1. The van der Waals surface area contributed by atoms with Crippen molar-refractivity contribution >= 4 is 5.78 Å². The number of ether oxygens (including phenoxy) is 1. The van der Waals surface area contributed by atoms with Crippen molar-refractivity contribution in [3.05, 3.63) is 77.9 Å². The van der Waals surface area contributed by atoms with Crippen LogP contribution in [0.5, 0.6) is 5.75 Å². The van der Waals surface area contributed by atoms with Crippen LogP contribution in [0, 0.1) is 0 Å². The molecule has 2 aromatic rings. The number of hydrogen-bond donors (Lipinski definition) is 0. The largest absolute Gasteiger partial charge is 0.497 e. The van der Waals surface area contributed by atoms with E-state index in [4.69, 9.17) is 4.74 Å². The third-order valence-electron chi connectivity index (χ3n) is 3.09. The Kier molecular flexibility index (Phi) is 5.13. The zero-order valence-corrected chi connectivity index (χ0v) is 11.6. The number of rotatable bonds is 6. The predicted octanol–water partition coefficient (Wildman–Crippen LogP) is 4.07. The van der Waals surface area contributed by atoms with E-state index in [0.29, 0.717) is 5.56 Å². The van der Waals surface area contributed by atoms with Crippen molar-refractivity contribution < 1.29 is 9.53 Å². The molecule has 2 rings (SSSR count). The number of allylic oxidation sites excluding steroid dienone is 2. The maximum atomic E-state index is 11.9. The topological polar surface area (TPSA) is 26.3 Å². The lowest BCUT2D eigenvalue weighted by Gasteiger charge is -2.00. The number of ketones is 1. The van der Waals surface area contributed by atoms with Crippen LogP contribution in [0.25, 0.3) is 0 Å². The quantitative estimate of drug-likeness (QED) is 0.582. The Morgan fingerprint density at radius 3 is 2.40 bits per heavy atom. The number of benzene rings is 2. The molecule has 0 heterocycles. The number of aryl methyl sites for hydroxylation is 1. The minimum absolute atomic E-state index is 0.0284. The maximum absolute atomic E-state index is 11.9. The van der Waals surface area contributed by atoms with Gasteiger partial charge in [-0.2, -0.15) is 0 Å². The van der Waals surface area contributed by atoms with Gasteiger partial charge in [0.15, 0.2) is 5.78 Å². The summed E-state index contributed by atoms with van der Waals surface area (Å²) in [6.45, 7) is 0. The average molecular weight is 266 g/mol. The summed E-state index contributed by atoms with van der Waals surface area (Å²) in [6.07, 6.45) is 5.39. The fourth-order valence-electron chi connectivity index (χ4n) is 1.94. The van der Waals surface area contributed by atoms with Gasteiger partial charge < -0.3 is 4.74 Å². The first-order chi connectivity index (χ1) is 9.79. The Morgan fingerprint density at radius 2 is 1.75 bits per heavy atom. The van der Waals surface area contributed by atoms with Crippen LogP contribution in [-0.2, 0) is 6.42 Å². The first-order valence-electron chi connectivity index (χ1n) is 6.68. The summed E-state index contributed by atoms with van der Waals surface area (Å²) in [5.74, 6) is 0.787. The summed E-state index contributed by atoms with van der Waals surface area (Å²) < 4.78 is 5.07. The van der Waals surface area contributed by atoms with Gasteiger partial charge in [-0.1, -0.05) is 36.4 Å². The first kappa shape index (κ1) is 14.1. The predicted molar refractivity (Wildman–Crippen MR) is 81.2 cm³/mol. The fraction of sp³-hybridized carbons (Fsp3) is 0.167. The second-order valence-corrected chi connectivity index (χ2v) is 4.52. The Morgan fingerprint density at radius 1 is 1.05 bits per heavy atom. The molecule has 2 nitrogen and oxygen atoms in total. The van der Waals surface area contributed by atoms with Crippen LogP contribution >= 0.6 is 0 Å². The summed E-state index contributed by atoms with van der Waals surface area (Å²) in [4.78, 5) is 11.9. The number of hydrogen-bond acceptors (Lipinski definition) is 2. The molecule has 0 aliphatic rings. The molecule has 0 unspecified atom stereocenters. The van der Waals surface area contributed by atoms with E-state index < -0.39 is 0 Å². The molecular weight excluding hydrogens is 248 g/mol. The third kappa shape index (κ3) is 4.09. The van der Waals surface area contributed by atoms with E-state index in [1.54, 1.807) is 37.5 Å². The third-order valence-corrected chi connectivity index (χ3v) is 3.09. The van der Waals surface area contributed by atoms with Crippen LogP contribution in [-0.4, -0.2) is 12.9 Å². The van der Waals surface area contributed by atoms with Crippen LogP contribution in [0.15, 0.2) is 66.7 Å². The Bertz CT molecular complexity index is 568. The van der Waals surface area contributed by atoms with Gasteiger partial charge in [-0.25, -0.2) is 0 Å².